The van der Waals surface area contributed by atoms with Crippen LogP contribution in [0.15, 0.2) is 59.1 Å². The molecule has 7 nitrogen and oxygen atoms in total. The summed E-state index contributed by atoms with van der Waals surface area (Å²) in [6.45, 7) is 9.23. The minimum absolute atomic E-state index is 0.0745. The van der Waals surface area contributed by atoms with Crippen molar-refractivity contribution in [3.8, 4) is 11.4 Å². The molecule has 178 valence electrons. The van der Waals surface area contributed by atoms with E-state index in [9.17, 15) is 4.79 Å². The van der Waals surface area contributed by atoms with Gasteiger partial charge in [0.2, 0.25) is 11.7 Å². The van der Waals surface area contributed by atoms with E-state index in [-0.39, 0.29) is 5.92 Å². The highest BCUT2D eigenvalue weighted by Crippen LogP contribution is 2.27. The van der Waals surface area contributed by atoms with Crippen molar-refractivity contribution in [1.29, 1.82) is 0 Å². The molecular formula is C27H33N5O2. The molecule has 1 aromatic heterocycles. The molecule has 1 amide bonds. The number of aromatic nitrogens is 2. The Balaban J connectivity index is 1.13. The molecular weight excluding hydrogens is 426 g/mol. The van der Waals surface area contributed by atoms with Crippen molar-refractivity contribution in [2.45, 2.75) is 32.6 Å². The number of carbonyl (C=O) groups is 1. The Morgan fingerprint density at radius 2 is 1.56 bits per heavy atom. The molecule has 0 bridgehead atoms. The normalized spacial score (nSPS) is 17.4. The summed E-state index contributed by atoms with van der Waals surface area (Å²) in [4.78, 5) is 24.3. The van der Waals surface area contributed by atoms with Crippen LogP contribution in [0.3, 0.4) is 0 Å². The van der Waals surface area contributed by atoms with Crippen molar-refractivity contribution in [1.82, 2.24) is 15.0 Å². The van der Waals surface area contributed by atoms with Crippen molar-refractivity contribution in [2.24, 2.45) is 5.92 Å². The van der Waals surface area contributed by atoms with Crippen LogP contribution in [-0.4, -0.2) is 60.2 Å². The molecule has 7 heteroatoms. The van der Waals surface area contributed by atoms with E-state index < -0.39 is 0 Å². The van der Waals surface area contributed by atoms with Crippen LogP contribution in [0, 0.1) is 5.92 Å². The lowest BCUT2D eigenvalue weighted by Gasteiger charge is -2.39. The van der Waals surface area contributed by atoms with Gasteiger partial charge in [0.05, 0.1) is 0 Å². The first-order chi connectivity index (χ1) is 16.6. The molecule has 0 N–H and O–H groups in total. The highest BCUT2D eigenvalue weighted by Gasteiger charge is 2.32. The molecule has 0 atom stereocenters. The third kappa shape index (κ3) is 4.79. The standard InChI is InChI=1S/C27H33N5O2/c1-20(2)21-8-10-22(11-9-21)25-28-27(34-29-25)32-14-12-23(13-15-32)26(33)31-18-16-30(17-19-31)24-6-4-3-5-7-24/h3-11,20,23H,12-19H2,1-2H3. The fraction of sp³-hybridized carbons (Fsp3) is 0.444. The number of piperazine rings is 1. The zero-order valence-corrected chi connectivity index (χ0v) is 20.1. The summed E-state index contributed by atoms with van der Waals surface area (Å²) < 4.78 is 5.57. The van der Waals surface area contributed by atoms with E-state index in [0.29, 0.717) is 23.7 Å². The Morgan fingerprint density at radius 1 is 0.882 bits per heavy atom. The maximum absolute atomic E-state index is 13.1. The van der Waals surface area contributed by atoms with E-state index in [1.807, 2.05) is 23.1 Å². The van der Waals surface area contributed by atoms with E-state index in [2.05, 4.69) is 70.2 Å². The fourth-order valence-corrected chi connectivity index (χ4v) is 4.88. The molecule has 2 aliphatic rings. The molecule has 3 aromatic rings. The van der Waals surface area contributed by atoms with Crippen LogP contribution in [0.1, 0.15) is 38.2 Å². The number of rotatable bonds is 5. The van der Waals surface area contributed by atoms with Gasteiger partial charge in [0.1, 0.15) is 0 Å². The van der Waals surface area contributed by atoms with Gasteiger partial charge in [0, 0.05) is 56.4 Å². The summed E-state index contributed by atoms with van der Waals surface area (Å²) in [7, 11) is 0. The molecule has 2 aromatic carbocycles. The van der Waals surface area contributed by atoms with Crippen molar-refractivity contribution in [2.75, 3.05) is 49.1 Å². The highest BCUT2D eigenvalue weighted by molar-refractivity contribution is 5.79. The van der Waals surface area contributed by atoms with Gasteiger partial charge in [0.25, 0.3) is 0 Å². The Bertz CT molecular complexity index is 1080. The number of carbonyl (C=O) groups excluding carboxylic acids is 1. The number of hydrogen-bond donors (Lipinski definition) is 0. The maximum Gasteiger partial charge on any atom is 0.324 e. The molecule has 0 saturated carbocycles. The largest absolute Gasteiger partial charge is 0.368 e. The lowest BCUT2D eigenvalue weighted by molar-refractivity contribution is -0.136. The van der Waals surface area contributed by atoms with Crippen LogP contribution >= 0.6 is 0 Å². The lowest BCUT2D eigenvalue weighted by Crippen LogP contribution is -2.51. The zero-order chi connectivity index (χ0) is 23.5. The molecule has 5 rings (SSSR count). The van der Waals surface area contributed by atoms with Crippen LogP contribution in [-0.2, 0) is 4.79 Å². The van der Waals surface area contributed by atoms with E-state index in [4.69, 9.17) is 4.52 Å². The molecule has 2 saturated heterocycles. The van der Waals surface area contributed by atoms with Crippen LogP contribution in [0.5, 0.6) is 0 Å². The summed E-state index contributed by atoms with van der Waals surface area (Å²) in [5.74, 6) is 1.47. The molecule has 0 unspecified atom stereocenters. The molecule has 0 spiro atoms. The van der Waals surface area contributed by atoms with Gasteiger partial charge in [0.15, 0.2) is 0 Å². The summed E-state index contributed by atoms with van der Waals surface area (Å²) in [6, 6.07) is 19.3. The summed E-state index contributed by atoms with van der Waals surface area (Å²) in [6.07, 6.45) is 1.64. The second kappa shape index (κ2) is 9.87. The number of piperidine rings is 1. The second-order valence-electron chi connectivity index (χ2n) is 9.59. The second-order valence-corrected chi connectivity index (χ2v) is 9.59. The minimum atomic E-state index is 0.0745. The van der Waals surface area contributed by atoms with Gasteiger partial charge in [-0.05, 0) is 36.5 Å². The van der Waals surface area contributed by atoms with E-state index in [1.165, 1.54) is 11.3 Å². The number of nitrogens with zero attached hydrogens (tertiary/aromatic N) is 5. The zero-order valence-electron chi connectivity index (χ0n) is 20.1. The monoisotopic (exact) mass is 459 g/mol. The van der Waals surface area contributed by atoms with Crippen LogP contribution in [0.2, 0.25) is 0 Å². The molecule has 0 aliphatic carbocycles. The van der Waals surface area contributed by atoms with E-state index in [0.717, 1.165) is 57.7 Å². The number of para-hydroxylation sites is 1. The van der Waals surface area contributed by atoms with Gasteiger partial charge in [-0.25, -0.2) is 0 Å². The van der Waals surface area contributed by atoms with Gasteiger partial charge in [-0.1, -0.05) is 61.5 Å². The van der Waals surface area contributed by atoms with Crippen molar-refractivity contribution in [3.05, 3.63) is 60.2 Å². The maximum atomic E-state index is 13.1. The first-order valence-electron chi connectivity index (χ1n) is 12.4. The SMILES string of the molecule is CC(C)c1ccc(-c2noc(N3CCC(C(=O)N4CCN(c5ccccc5)CC4)CC3)n2)cc1. The first kappa shape index (κ1) is 22.4. The predicted octanol–water partition coefficient (Wildman–Crippen LogP) is 4.43. The van der Waals surface area contributed by atoms with Gasteiger partial charge in [-0.2, -0.15) is 4.98 Å². The number of hydrogen-bond acceptors (Lipinski definition) is 6. The van der Waals surface area contributed by atoms with Gasteiger partial charge >= 0.3 is 6.01 Å². The predicted molar refractivity (Wildman–Crippen MR) is 134 cm³/mol. The molecule has 3 heterocycles. The van der Waals surface area contributed by atoms with Crippen molar-refractivity contribution in [3.63, 3.8) is 0 Å². The van der Waals surface area contributed by atoms with Crippen molar-refractivity contribution < 1.29 is 9.32 Å². The quantitative estimate of drug-likeness (QED) is 0.563. The van der Waals surface area contributed by atoms with Gasteiger partial charge in [-0.3, -0.25) is 4.79 Å². The Kier molecular flexibility index (Phi) is 6.52. The Morgan fingerprint density at radius 3 is 2.21 bits per heavy atom. The van der Waals surface area contributed by atoms with Crippen LogP contribution in [0.4, 0.5) is 11.7 Å². The average molecular weight is 460 g/mol. The number of amides is 1. The average Bonchev–Trinajstić information content (AvgIpc) is 3.39. The topological polar surface area (TPSA) is 65.7 Å². The molecule has 2 aliphatic heterocycles. The van der Waals surface area contributed by atoms with Crippen molar-refractivity contribution >= 4 is 17.6 Å². The van der Waals surface area contributed by atoms with Gasteiger partial charge < -0.3 is 19.2 Å². The van der Waals surface area contributed by atoms with Crippen LogP contribution in [0.25, 0.3) is 11.4 Å². The molecule has 2 fully saturated rings. The Labute approximate surface area is 201 Å². The summed E-state index contributed by atoms with van der Waals surface area (Å²) in [5.41, 5.74) is 3.48. The fourth-order valence-electron chi connectivity index (χ4n) is 4.88. The molecule has 34 heavy (non-hydrogen) atoms. The number of anilines is 2. The first-order valence-corrected chi connectivity index (χ1v) is 12.4. The van der Waals surface area contributed by atoms with E-state index in [1.54, 1.807) is 0 Å². The van der Waals surface area contributed by atoms with Gasteiger partial charge in [-0.15, -0.1) is 0 Å². The smallest absolute Gasteiger partial charge is 0.324 e. The highest BCUT2D eigenvalue weighted by atomic mass is 16.5. The van der Waals surface area contributed by atoms with Crippen LogP contribution < -0.4 is 9.80 Å². The van der Waals surface area contributed by atoms with E-state index >= 15 is 0 Å². The molecule has 0 radical (unpaired) electrons. The minimum Gasteiger partial charge on any atom is -0.368 e. The summed E-state index contributed by atoms with van der Waals surface area (Å²) >= 11 is 0. The number of benzene rings is 2. The summed E-state index contributed by atoms with van der Waals surface area (Å²) in [5, 5.41) is 4.19. The lowest BCUT2D eigenvalue weighted by atomic mass is 9.95. The third-order valence-electron chi connectivity index (χ3n) is 7.08. The Hall–Kier alpha value is -3.35. The third-order valence-corrected chi connectivity index (χ3v) is 7.08.